The van der Waals surface area contributed by atoms with Crippen molar-refractivity contribution in [1.29, 1.82) is 0 Å². The molecule has 1 aromatic rings. The van der Waals surface area contributed by atoms with Gasteiger partial charge in [-0.05, 0) is 24.5 Å². The summed E-state index contributed by atoms with van der Waals surface area (Å²) in [5, 5.41) is 2.81. The molecule has 0 aliphatic carbocycles. The molecule has 2 rings (SSSR count). The second kappa shape index (κ2) is 11.0. The molecule has 0 radical (unpaired) electrons. The van der Waals surface area contributed by atoms with Crippen LogP contribution in [0.5, 0.6) is 0 Å². The summed E-state index contributed by atoms with van der Waals surface area (Å²) < 4.78 is 0. The van der Waals surface area contributed by atoms with E-state index in [0.717, 1.165) is 26.2 Å². The molecular formula is C19H31ClN4O2. The van der Waals surface area contributed by atoms with Crippen molar-refractivity contribution in [3.8, 4) is 0 Å². The van der Waals surface area contributed by atoms with Gasteiger partial charge in [-0.1, -0.05) is 32.0 Å². The van der Waals surface area contributed by atoms with E-state index in [9.17, 15) is 9.59 Å². The molecule has 6 nitrogen and oxygen atoms in total. The second-order valence-electron chi connectivity index (χ2n) is 6.87. The highest BCUT2D eigenvalue weighted by Crippen LogP contribution is 2.16. The molecule has 1 saturated heterocycles. The van der Waals surface area contributed by atoms with Crippen LogP contribution in [0.1, 0.15) is 26.7 Å². The number of hydrogen-bond acceptors (Lipinski definition) is 4. The quantitative estimate of drug-likeness (QED) is 0.702. The fraction of sp³-hybridized carbons (Fsp3) is 0.579. The molecule has 1 heterocycles. The van der Waals surface area contributed by atoms with Crippen molar-refractivity contribution in [1.82, 2.24) is 10.2 Å². The number of nitrogens with one attached hydrogen (secondary N) is 1. The number of halogens is 1. The van der Waals surface area contributed by atoms with Gasteiger partial charge in [0.25, 0.3) is 0 Å². The molecule has 1 atom stereocenters. The lowest BCUT2D eigenvalue weighted by molar-refractivity contribution is -0.132. The highest BCUT2D eigenvalue weighted by atomic mass is 35.5. The molecule has 0 saturated carbocycles. The highest BCUT2D eigenvalue weighted by molar-refractivity contribution is 5.85. The summed E-state index contributed by atoms with van der Waals surface area (Å²) >= 11 is 0. The molecule has 0 bridgehead atoms. The van der Waals surface area contributed by atoms with Crippen LogP contribution < -0.4 is 16.0 Å². The van der Waals surface area contributed by atoms with Gasteiger partial charge in [0.1, 0.15) is 0 Å². The molecule has 2 amide bonds. The summed E-state index contributed by atoms with van der Waals surface area (Å²) in [7, 11) is 0. The first-order chi connectivity index (χ1) is 12.0. The molecule has 3 N–H and O–H groups in total. The van der Waals surface area contributed by atoms with E-state index in [1.165, 1.54) is 5.69 Å². The number of benzene rings is 1. The number of anilines is 1. The Balaban J connectivity index is 0.00000338. The summed E-state index contributed by atoms with van der Waals surface area (Å²) in [6.45, 7) is 7.54. The van der Waals surface area contributed by atoms with Crippen molar-refractivity contribution in [2.45, 2.75) is 32.7 Å². The summed E-state index contributed by atoms with van der Waals surface area (Å²) in [5.41, 5.74) is 7.00. The van der Waals surface area contributed by atoms with Crippen molar-refractivity contribution >= 4 is 29.9 Å². The van der Waals surface area contributed by atoms with Gasteiger partial charge in [-0.15, -0.1) is 12.4 Å². The predicted octanol–water partition coefficient (Wildman–Crippen LogP) is 1.64. The molecule has 1 aromatic carbocycles. The van der Waals surface area contributed by atoms with Gasteiger partial charge >= 0.3 is 0 Å². The maximum absolute atomic E-state index is 12.3. The lowest BCUT2D eigenvalue weighted by Gasteiger charge is -2.36. The lowest BCUT2D eigenvalue weighted by Crippen LogP contribution is -2.49. The number of carbonyl (C=O) groups is 2. The third-order valence-corrected chi connectivity index (χ3v) is 4.64. The number of carbonyl (C=O) groups excluding carboxylic acids is 2. The second-order valence-corrected chi connectivity index (χ2v) is 6.87. The van der Waals surface area contributed by atoms with Crippen LogP contribution in [0.4, 0.5) is 5.69 Å². The highest BCUT2D eigenvalue weighted by Gasteiger charge is 2.21. The van der Waals surface area contributed by atoms with Gasteiger partial charge in [-0.25, -0.2) is 0 Å². The van der Waals surface area contributed by atoms with Gasteiger partial charge in [0.15, 0.2) is 0 Å². The van der Waals surface area contributed by atoms with Crippen LogP contribution in [0.15, 0.2) is 30.3 Å². The Morgan fingerprint density at radius 3 is 2.31 bits per heavy atom. The summed E-state index contributed by atoms with van der Waals surface area (Å²) in [5.74, 6) is 0.136. The maximum Gasteiger partial charge on any atom is 0.237 e. The molecule has 26 heavy (non-hydrogen) atoms. The Labute approximate surface area is 162 Å². The minimum Gasteiger partial charge on any atom is -0.368 e. The van der Waals surface area contributed by atoms with Crippen LogP contribution in [-0.4, -0.2) is 55.5 Å². The first-order valence-electron chi connectivity index (χ1n) is 9.10. The normalized spacial score (nSPS) is 15.4. The fourth-order valence-electron chi connectivity index (χ4n) is 2.88. The van der Waals surface area contributed by atoms with Gasteiger partial charge in [0.05, 0.1) is 6.04 Å². The largest absolute Gasteiger partial charge is 0.368 e. The minimum atomic E-state index is -0.484. The van der Waals surface area contributed by atoms with Gasteiger partial charge in [0.2, 0.25) is 11.8 Å². The van der Waals surface area contributed by atoms with Crippen molar-refractivity contribution in [2.24, 2.45) is 11.7 Å². The Kier molecular flexibility index (Phi) is 9.44. The van der Waals surface area contributed by atoms with Crippen LogP contribution in [0, 0.1) is 5.92 Å². The zero-order chi connectivity index (χ0) is 18.2. The number of hydrogen-bond donors (Lipinski definition) is 2. The SMILES string of the molecule is CC(C)[C@H](N)C(=O)NCCCC(=O)N1CCN(c2ccccc2)CC1.Cl. The number of piperazine rings is 1. The van der Waals surface area contributed by atoms with E-state index in [1.54, 1.807) is 0 Å². The van der Waals surface area contributed by atoms with E-state index >= 15 is 0 Å². The maximum atomic E-state index is 12.3. The Morgan fingerprint density at radius 1 is 1.12 bits per heavy atom. The van der Waals surface area contributed by atoms with Crippen LogP contribution >= 0.6 is 12.4 Å². The molecular weight excluding hydrogens is 352 g/mol. The zero-order valence-corrected chi connectivity index (χ0v) is 16.5. The Hall–Kier alpha value is -1.79. The number of nitrogens with zero attached hydrogens (tertiary/aromatic N) is 2. The van der Waals surface area contributed by atoms with E-state index in [2.05, 4.69) is 22.3 Å². The molecule has 0 spiro atoms. The average molecular weight is 383 g/mol. The molecule has 1 aliphatic rings. The van der Waals surface area contributed by atoms with Crippen LogP contribution in [0.25, 0.3) is 0 Å². The smallest absolute Gasteiger partial charge is 0.237 e. The monoisotopic (exact) mass is 382 g/mol. The third kappa shape index (κ3) is 6.50. The summed E-state index contributed by atoms with van der Waals surface area (Å²) in [4.78, 5) is 28.3. The van der Waals surface area contributed by atoms with Crippen LogP contribution in [0.2, 0.25) is 0 Å². The molecule has 1 fully saturated rings. The molecule has 0 unspecified atom stereocenters. The zero-order valence-electron chi connectivity index (χ0n) is 15.7. The van der Waals surface area contributed by atoms with Gasteiger partial charge in [0, 0.05) is 44.8 Å². The predicted molar refractivity (Wildman–Crippen MR) is 108 cm³/mol. The number of amides is 2. The van der Waals surface area contributed by atoms with Gasteiger partial charge < -0.3 is 20.9 Å². The van der Waals surface area contributed by atoms with E-state index in [1.807, 2.05) is 36.9 Å². The van der Waals surface area contributed by atoms with Crippen molar-refractivity contribution in [3.05, 3.63) is 30.3 Å². The molecule has 7 heteroatoms. The number of nitrogens with two attached hydrogens (primary N) is 1. The molecule has 0 aromatic heterocycles. The fourth-order valence-corrected chi connectivity index (χ4v) is 2.88. The molecule has 146 valence electrons. The Bertz CT molecular complexity index is 560. The average Bonchev–Trinajstić information content (AvgIpc) is 2.65. The number of para-hydroxylation sites is 1. The van der Waals surface area contributed by atoms with Gasteiger partial charge in [-0.3, -0.25) is 9.59 Å². The topological polar surface area (TPSA) is 78.7 Å². The lowest BCUT2D eigenvalue weighted by atomic mass is 10.1. The van der Waals surface area contributed by atoms with E-state index < -0.39 is 6.04 Å². The Morgan fingerprint density at radius 2 is 1.73 bits per heavy atom. The third-order valence-electron chi connectivity index (χ3n) is 4.64. The first kappa shape index (κ1) is 22.3. The summed E-state index contributed by atoms with van der Waals surface area (Å²) in [6, 6.07) is 9.79. The van der Waals surface area contributed by atoms with E-state index in [-0.39, 0.29) is 30.1 Å². The van der Waals surface area contributed by atoms with Crippen molar-refractivity contribution in [2.75, 3.05) is 37.6 Å². The van der Waals surface area contributed by atoms with Crippen molar-refractivity contribution in [3.63, 3.8) is 0 Å². The van der Waals surface area contributed by atoms with Crippen molar-refractivity contribution < 1.29 is 9.59 Å². The molecule has 1 aliphatic heterocycles. The first-order valence-corrected chi connectivity index (χ1v) is 9.10. The standard InChI is InChI=1S/C19H30N4O2.ClH/c1-15(2)18(20)19(25)21-10-6-9-17(24)23-13-11-22(12-14-23)16-7-4-3-5-8-16;/h3-5,7-8,15,18H,6,9-14,20H2,1-2H3,(H,21,25);1H/t18-;/m0./s1. The van der Waals surface area contributed by atoms with Crippen LogP contribution in [0.3, 0.4) is 0 Å². The van der Waals surface area contributed by atoms with E-state index in [0.29, 0.717) is 19.4 Å². The number of rotatable bonds is 7. The van der Waals surface area contributed by atoms with E-state index in [4.69, 9.17) is 5.73 Å². The summed E-state index contributed by atoms with van der Waals surface area (Å²) in [6.07, 6.45) is 1.11. The van der Waals surface area contributed by atoms with Crippen LogP contribution in [-0.2, 0) is 9.59 Å². The minimum absolute atomic E-state index is 0. The van der Waals surface area contributed by atoms with Gasteiger partial charge in [-0.2, -0.15) is 0 Å².